The summed E-state index contributed by atoms with van der Waals surface area (Å²) in [5.74, 6) is 0. The van der Waals surface area contributed by atoms with Crippen molar-refractivity contribution in [2.45, 2.75) is 0 Å². The van der Waals surface area contributed by atoms with Gasteiger partial charge in [0.05, 0.1) is 20.6 Å². The van der Waals surface area contributed by atoms with Gasteiger partial charge in [-0.25, -0.2) is 0 Å². The number of hydrogen-bond donors (Lipinski definition) is 0. The van der Waals surface area contributed by atoms with Gasteiger partial charge in [0.1, 0.15) is 11.2 Å². The molecule has 1 heteroatoms. The van der Waals surface area contributed by atoms with Crippen molar-refractivity contribution in [2.75, 3.05) is 0 Å². The van der Waals surface area contributed by atoms with Crippen LogP contribution in [0.5, 0.6) is 0 Å². The van der Waals surface area contributed by atoms with Crippen LogP contribution in [0.25, 0.3) is 109 Å². The average molecular weight is 662 g/mol. The first kappa shape index (κ1) is 17.3. The van der Waals surface area contributed by atoms with Crippen molar-refractivity contribution in [3.63, 3.8) is 0 Å². The van der Waals surface area contributed by atoms with Crippen molar-refractivity contribution in [3.05, 3.63) is 182 Å². The Morgan fingerprint density at radius 2 is 1.04 bits per heavy atom. The van der Waals surface area contributed by atoms with Crippen LogP contribution in [0.2, 0.25) is 0 Å². The monoisotopic (exact) mass is 661 g/mol. The van der Waals surface area contributed by atoms with Gasteiger partial charge in [0, 0.05) is 10.8 Å². The molecule has 11 aromatic rings. The Labute approximate surface area is 315 Å². The summed E-state index contributed by atoms with van der Waals surface area (Å²) in [7, 11) is 0. The second-order valence-electron chi connectivity index (χ2n) is 12.4. The molecule has 51 heavy (non-hydrogen) atoms. The molecule has 1 heterocycles. The minimum Gasteiger partial charge on any atom is -0.456 e. The van der Waals surface area contributed by atoms with Crippen LogP contribution >= 0.6 is 0 Å². The van der Waals surface area contributed by atoms with E-state index < -0.39 is 107 Å². The largest absolute Gasteiger partial charge is 0.456 e. The number of rotatable bonds is 3. The van der Waals surface area contributed by atoms with Gasteiger partial charge in [-0.05, 0) is 111 Å². The third-order valence-electron chi connectivity index (χ3n) is 9.72. The SMILES string of the molecule is [2H]c1c([2H])c([2H])c2c([2H])c(-c3c4c([2H])c([2H])c([2H])c([2H])c4c(-c4cccc5cccc(-c6ccc7c(c6)oc6ccc8ccccc8c67)c45)c4c([2H])c([2H])c([2H])c([2H])c34)c([2H])c([2H])c2c1[2H]. The van der Waals surface area contributed by atoms with E-state index in [0.29, 0.717) is 33.1 Å². The summed E-state index contributed by atoms with van der Waals surface area (Å²) in [5.41, 5.74) is 2.22. The molecule has 0 spiro atoms. The minimum absolute atomic E-state index is 0.0314. The van der Waals surface area contributed by atoms with Gasteiger partial charge in [-0.2, -0.15) is 0 Å². The van der Waals surface area contributed by atoms with Crippen LogP contribution in [-0.4, -0.2) is 0 Å². The smallest absolute Gasteiger partial charge is 0.136 e. The van der Waals surface area contributed by atoms with E-state index in [1.54, 1.807) is 12.1 Å². The highest BCUT2D eigenvalue weighted by Gasteiger charge is 2.20. The van der Waals surface area contributed by atoms with Crippen molar-refractivity contribution in [1.82, 2.24) is 0 Å². The molecule has 0 aliphatic heterocycles. The maximum atomic E-state index is 9.57. The van der Waals surface area contributed by atoms with Crippen LogP contribution in [0.15, 0.2) is 186 Å². The molecule has 0 fully saturated rings. The highest BCUT2D eigenvalue weighted by atomic mass is 16.3. The second-order valence-corrected chi connectivity index (χ2v) is 12.4. The predicted molar refractivity (Wildman–Crippen MR) is 218 cm³/mol. The molecule has 0 amide bonds. The van der Waals surface area contributed by atoms with Crippen LogP contribution in [0.1, 0.15) is 20.6 Å². The molecule has 1 aromatic heterocycles. The predicted octanol–water partition coefficient (Wildman–Crippen LogP) is 14.4. The fraction of sp³-hybridized carbons (Fsp3) is 0. The quantitative estimate of drug-likeness (QED) is 0.172. The van der Waals surface area contributed by atoms with Gasteiger partial charge in [0.25, 0.3) is 0 Å². The number of fused-ring (bicyclic) bond motifs is 9. The van der Waals surface area contributed by atoms with Gasteiger partial charge >= 0.3 is 0 Å². The Bertz CT molecular complexity index is 3980. The molecule has 236 valence electrons. The summed E-state index contributed by atoms with van der Waals surface area (Å²) in [5, 5.41) is 3.40. The lowest BCUT2D eigenvalue weighted by molar-refractivity contribution is 0.669. The Hall–Kier alpha value is -6.70. The van der Waals surface area contributed by atoms with Crippen LogP contribution in [0, 0.1) is 0 Å². The molecule has 0 unspecified atom stereocenters. The molecule has 1 nitrogen and oxygen atoms in total. The Kier molecular flexibility index (Phi) is 3.70. The molecular formula is C50H30O. The Balaban J connectivity index is 1.33. The van der Waals surface area contributed by atoms with E-state index in [-0.39, 0.29) is 32.7 Å². The zero-order chi connectivity index (χ0) is 46.5. The maximum absolute atomic E-state index is 9.57. The topological polar surface area (TPSA) is 13.1 Å². The number of furan rings is 1. The summed E-state index contributed by atoms with van der Waals surface area (Å²) >= 11 is 0. The maximum Gasteiger partial charge on any atom is 0.136 e. The van der Waals surface area contributed by atoms with E-state index in [1.165, 1.54) is 0 Å². The molecule has 11 rings (SSSR count). The third kappa shape index (κ3) is 4.22. The van der Waals surface area contributed by atoms with Gasteiger partial charge in [0.15, 0.2) is 0 Å². The van der Waals surface area contributed by atoms with E-state index in [9.17, 15) is 8.22 Å². The summed E-state index contributed by atoms with van der Waals surface area (Å²) in [6.45, 7) is 0. The summed E-state index contributed by atoms with van der Waals surface area (Å²) < 4.78 is 142. The normalized spacial score (nSPS) is 16.0. The molecule has 0 saturated heterocycles. The van der Waals surface area contributed by atoms with Gasteiger partial charge in [-0.1, -0.05) is 157 Å². The first-order valence-corrected chi connectivity index (χ1v) is 16.4. The van der Waals surface area contributed by atoms with Crippen LogP contribution in [0.3, 0.4) is 0 Å². The molecule has 0 atom stereocenters. The number of benzene rings is 10. The second kappa shape index (κ2) is 10.9. The molecule has 0 aliphatic carbocycles. The first-order valence-electron chi connectivity index (χ1n) is 23.9. The summed E-state index contributed by atoms with van der Waals surface area (Å²) in [4.78, 5) is 0. The highest BCUT2D eigenvalue weighted by molar-refractivity contribution is 6.25. The van der Waals surface area contributed by atoms with Gasteiger partial charge in [-0.15, -0.1) is 0 Å². The van der Waals surface area contributed by atoms with E-state index >= 15 is 0 Å². The molecule has 10 aromatic carbocycles. The zero-order valence-corrected chi connectivity index (χ0v) is 26.6. The van der Waals surface area contributed by atoms with Gasteiger partial charge in [-0.3, -0.25) is 0 Å². The van der Waals surface area contributed by atoms with E-state index in [1.807, 2.05) is 78.9 Å². The van der Waals surface area contributed by atoms with Crippen molar-refractivity contribution < 1.29 is 25.0 Å². The molecule has 0 radical (unpaired) electrons. The van der Waals surface area contributed by atoms with E-state index in [0.717, 1.165) is 27.1 Å². The summed E-state index contributed by atoms with van der Waals surface area (Å²) in [6.07, 6.45) is 0. The van der Waals surface area contributed by atoms with Gasteiger partial charge < -0.3 is 4.42 Å². The van der Waals surface area contributed by atoms with Crippen molar-refractivity contribution in [3.8, 4) is 33.4 Å². The highest BCUT2D eigenvalue weighted by Crippen LogP contribution is 2.47. The first-order chi connectivity index (χ1) is 31.5. The molecule has 0 N–H and O–H groups in total. The fourth-order valence-electron chi connectivity index (χ4n) is 7.55. The number of hydrogen-bond acceptors (Lipinski definition) is 1. The fourth-order valence-corrected chi connectivity index (χ4v) is 7.55. The standard InChI is InChI=1S/C50H30O/c1-2-13-34-29-36(24-23-31(34)11-1)48-39-17-5-7-19-41(39)49(42-20-8-6-18-40(42)48)44-22-10-15-33-14-9-21-38(47(33)44)35-25-27-43-46(30-35)51-45-28-26-32-12-3-4-16-37(32)50(43)45/h1-30H/i1D,2D,5D,6D,7D,8D,11D,13D,17D,18D,19D,20D,23D,24D,29D. The lowest BCUT2D eigenvalue weighted by Crippen LogP contribution is -1.92. The molecule has 0 bridgehead atoms. The van der Waals surface area contributed by atoms with E-state index in [4.69, 9.17) is 16.8 Å². The van der Waals surface area contributed by atoms with E-state index in [2.05, 4.69) is 0 Å². The van der Waals surface area contributed by atoms with Crippen LogP contribution in [0.4, 0.5) is 0 Å². The molecular weight excluding hydrogens is 617 g/mol. The Morgan fingerprint density at radius 1 is 0.373 bits per heavy atom. The Morgan fingerprint density at radius 3 is 1.82 bits per heavy atom. The zero-order valence-electron chi connectivity index (χ0n) is 41.6. The molecule has 0 aliphatic rings. The lowest BCUT2D eigenvalue weighted by Gasteiger charge is -2.20. The minimum atomic E-state index is -0.742. The van der Waals surface area contributed by atoms with Crippen molar-refractivity contribution in [1.29, 1.82) is 0 Å². The third-order valence-corrected chi connectivity index (χ3v) is 9.72. The average Bonchev–Trinajstić information content (AvgIpc) is 3.71. The van der Waals surface area contributed by atoms with Crippen molar-refractivity contribution >= 4 is 75.8 Å². The van der Waals surface area contributed by atoms with Gasteiger partial charge in [0.2, 0.25) is 0 Å². The lowest BCUT2D eigenvalue weighted by atomic mass is 9.83. The van der Waals surface area contributed by atoms with Crippen LogP contribution < -0.4 is 0 Å². The molecule has 0 saturated carbocycles. The van der Waals surface area contributed by atoms with Crippen molar-refractivity contribution in [2.24, 2.45) is 0 Å². The summed E-state index contributed by atoms with van der Waals surface area (Å²) in [6, 6.07) is 18.7. The van der Waals surface area contributed by atoms with Crippen LogP contribution in [-0.2, 0) is 0 Å².